The molecule has 0 radical (unpaired) electrons. The van der Waals surface area contributed by atoms with Gasteiger partial charge in [0.1, 0.15) is 0 Å². The lowest BCUT2D eigenvalue weighted by atomic mass is 10.1. The molecule has 0 heterocycles. The molecule has 5 nitrogen and oxygen atoms in total. The molecule has 1 aromatic rings. The van der Waals surface area contributed by atoms with Gasteiger partial charge in [-0.2, -0.15) is 0 Å². The largest absolute Gasteiger partial charge is 0.351 e. The number of carbonyl (C=O) groups excluding carboxylic acids is 1. The average Bonchev–Trinajstić information content (AvgIpc) is 3.28. The maximum absolute atomic E-state index is 12.2. The quantitative estimate of drug-likeness (QED) is 0.521. The molecule has 0 atom stereocenters. The molecule has 1 aliphatic carbocycles. The predicted octanol–water partition coefficient (Wildman–Crippen LogP) is 1.49. The van der Waals surface area contributed by atoms with Crippen molar-refractivity contribution in [3.8, 4) is 0 Å². The zero-order valence-corrected chi connectivity index (χ0v) is 12.3. The lowest BCUT2D eigenvalue weighted by Gasteiger charge is -2.20. The molecule has 1 saturated carbocycles. The monoisotopic (exact) mass is 276 g/mol. The van der Waals surface area contributed by atoms with Crippen molar-refractivity contribution in [1.82, 2.24) is 10.2 Å². The van der Waals surface area contributed by atoms with E-state index in [2.05, 4.69) is 22.6 Å². The SMILES string of the molecule is CCN(CCNC(=O)c1cc(C)ccc1NN)C1CC1. The van der Waals surface area contributed by atoms with Gasteiger partial charge in [0.25, 0.3) is 5.91 Å². The summed E-state index contributed by atoms with van der Waals surface area (Å²) in [5.74, 6) is 5.37. The highest BCUT2D eigenvalue weighted by Crippen LogP contribution is 2.25. The summed E-state index contributed by atoms with van der Waals surface area (Å²) in [6.45, 7) is 6.74. The van der Waals surface area contributed by atoms with Crippen LogP contribution in [0.3, 0.4) is 0 Å². The van der Waals surface area contributed by atoms with E-state index in [-0.39, 0.29) is 5.91 Å². The van der Waals surface area contributed by atoms with Crippen molar-refractivity contribution in [2.45, 2.75) is 32.7 Å². The van der Waals surface area contributed by atoms with Crippen LogP contribution in [0.4, 0.5) is 5.69 Å². The van der Waals surface area contributed by atoms with E-state index in [4.69, 9.17) is 5.84 Å². The number of rotatable bonds is 7. The second kappa shape index (κ2) is 6.72. The van der Waals surface area contributed by atoms with Crippen molar-refractivity contribution in [3.05, 3.63) is 29.3 Å². The van der Waals surface area contributed by atoms with E-state index in [9.17, 15) is 4.79 Å². The number of carbonyl (C=O) groups is 1. The van der Waals surface area contributed by atoms with Crippen molar-refractivity contribution in [2.75, 3.05) is 25.1 Å². The van der Waals surface area contributed by atoms with Gasteiger partial charge in [-0.05, 0) is 38.4 Å². The number of aryl methyl sites for hydroxylation is 1. The van der Waals surface area contributed by atoms with Crippen molar-refractivity contribution in [1.29, 1.82) is 0 Å². The maximum atomic E-state index is 12.2. The number of likely N-dealkylation sites (N-methyl/N-ethyl adjacent to an activating group) is 1. The fourth-order valence-corrected chi connectivity index (χ4v) is 2.42. The number of amides is 1. The minimum atomic E-state index is -0.0755. The molecule has 1 aromatic carbocycles. The van der Waals surface area contributed by atoms with E-state index >= 15 is 0 Å². The molecule has 0 saturated heterocycles. The number of hydrogen-bond acceptors (Lipinski definition) is 4. The maximum Gasteiger partial charge on any atom is 0.253 e. The Balaban J connectivity index is 1.89. The van der Waals surface area contributed by atoms with Gasteiger partial charge in [-0.1, -0.05) is 18.6 Å². The number of nitrogen functional groups attached to an aromatic ring is 1. The molecular weight excluding hydrogens is 252 g/mol. The second-order valence-corrected chi connectivity index (χ2v) is 5.31. The summed E-state index contributed by atoms with van der Waals surface area (Å²) in [5.41, 5.74) is 4.87. The normalized spacial score (nSPS) is 14.4. The third-order valence-corrected chi connectivity index (χ3v) is 3.73. The van der Waals surface area contributed by atoms with Crippen LogP contribution in [0.15, 0.2) is 18.2 Å². The summed E-state index contributed by atoms with van der Waals surface area (Å²) >= 11 is 0. The first-order chi connectivity index (χ1) is 9.65. The molecule has 1 amide bonds. The minimum Gasteiger partial charge on any atom is -0.351 e. The van der Waals surface area contributed by atoms with Crippen LogP contribution in [0.25, 0.3) is 0 Å². The van der Waals surface area contributed by atoms with Crippen molar-refractivity contribution in [2.24, 2.45) is 5.84 Å². The van der Waals surface area contributed by atoms with Crippen molar-refractivity contribution < 1.29 is 4.79 Å². The van der Waals surface area contributed by atoms with Gasteiger partial charge >= 0.3 is 0 Å². The molecule has 2 rings (SSSR count). The summed E-state index contributed by atoms with van der Waals surface area (Å²) in [5, 5.41) is 2.97. The van der Waals surface area contributed by atoms with Gasteiger partial charge in [0.2, 0.25) is 0 Å². The zero-order valence-electron chi connectivity index (χ0n) is 12.3. The molecule has 0 aliphatic heterocycles. The van der Waals surface area contributed by atoms with E-state index in [0.29, 0.717) is 17.8 Å². The van der Waals surface area contributed by atoms with Gasteiger partial charge in [0.15, 0.2) is 0 Å². The molecule has 20 heavy (non-hydrogen) atoms. The lowest BCUT2D eigenvalue weighted by molar-refractivity contribution is 0.0948. The number of nitrogens with zero attached hydrogens (tertiary/aromatic N) is 1. The molecule has 110 valence electrons. The van der Waals surface area contributed by atoms with Crippen LogP contribution in [-0.2, 0) is 0 Å². The van der Waals surface area contributed by atoms with Gasteiger partial charge < -0.3 is 10.7 Å². The first-order valence-corrected chi connectivity index (χ1v) is 7.25. The Kier molecular flexibility index (Phi) is 4.98. The number of hydrazine groups is 1. The van der Waals surface area contributed by atoms with Crippen molar-refractivity contribution in [3.63, 3.8) is 0 Å². The number of nitrogens with one attached hydrogen (secondary N) is 2. The fourth-order valence-electron chi connectivity index (χ4n) is 2.42. The number of nitrogens with two attached hydrogens (primary N) is 1. The smallest absolute Gasteiger partial charge is 0.253 e. The Labute approximate surface area is 120 Å². The summed E-state index contributed by atoms with van der Waals surface area (Å²) in [6.07, 6.45) is 2.59. The van der Waals surface area contributed by atoms with Gasteiger partial charge in [-0.3, -0.25) is 15.5 Å². The summed E-state index contributed by atoms with van der Waals surface area (Å²) in [7, 11) is 0. The van der Waals surface area contributed by atoms with Crippen molar-refractivity contribution >= 4 is 11.6 Å². The third-order valence-electron chi connectivity index (χ3n) is 3.73. The zero-order chi connectivity index (χ0) is 14.5. The predicted molar refractivity (Wildman–Crippen MR) is 81.6 cm³/mol. The first-order valence-electron chi connectivity index (χ1n) is 7.25. The minimum absolute atomic E-state index is 0.0755. The van der Waals surface area contributed by atoms with E-state index in [1.807, 2.05) is 25.1 Å². The Morgan fingerprint density at radius 3 is 2.80 bits per heavy atom. The lowest BCUT2D eigenvalue weighted by Crippen LogP contribution is -2.36. The van der Waals surface area contributed by atoms with Gasteiger partial charge in [0, 0.05) is 19.1 Å². The van der Waals surface area contributed by atoms with Crippen LogP contribution in [0, 0.1) is 6.92 Å². The standard InChI is InChI=1S/C15H24N4O/c1-3-19(12-5-6-12)9-8-17-15(20)13-10-11(2)4-7-14(13)18-16/h4,7,10,12,18H,3,5-6,8-9,16H2,1-2H3,(H,17,20). The molecule has 0 unspecified atom stereocenters. The van der Waals surface area contributed by atoms with Crippen LogP contribution in [-0.4, -0.2) is 36.5 Å². The molecule has 0 aromatic heterocycles. The van der Waals surface area contributed by atoms with Crippen LogP contribution < -0.4 is 16.6 Å². The summed E-state index contributed by atoms with van der Waals surface area (Å²) < 4.78 is 0. The van der Waals surface area contributed by atoms with E-state index in [0.717, 1.165) is 24.7 Å². The Bertz CT molecular complexity index is 471. The van der Waals surface area contributed by atoms with Crippen LogP contribution in [0.2, 0.25) is 0 Å². The Morgan fingerprint density at radius 1 is 1.45 bits per heavy atom. The molecule has 1 fully saturated rings. The first kappa shape index (κ1) is 14.8. The van der Waals surface area contributed by atoms with Gasteiger partial charge in [-0.25, -0.2) is 0 Å². The highest BCUT2D eigenvalue weighted by molar-refractivity contribution is 5.99. The number of anilines is 1. The van der Waals surface area contributed by atoms with Gasteiger partial charge in [-0.15, -0.1) is 0 Å². The Morgan fingerprint density at radius 2 is 2.20 bits per heavy atom. The molecule has 0 spiro atoms. The average molecular weight is 276 g/mol. The van der Waals surface area contributed by atoms with Gasteiger partial charge in [0.05, 0.1) is 11.3 Å². The van der Waals surface area contributed by atoms with Crippen LogP contribution in [0.1, 0.15) is 35.7 Å². The molecule has 4 N–H and O–H groups in total. The number of hydrogen-bond donors (Lipinski definition) is 3. The number of benzene rings is 1. The highest BCUT2D eigenvalue weighted by atomic mass is 16.1. The third kappa shape index (κ3) is 3.71. The van der Waals surface area contributed by atoms with Crippen LogP contribution >= 0.6 is 0 Å². The molecule has 1 aliphatic rings. The summed E-state index contributed by atoms with van der Waals surface area (Å²) in [6, 6.07) is 6.34. The van der Waals surface area contributed by atoms with Crippen LogP contribution in [0.5, 0.6) is 0 Å². The fraction of sp³-hybridized carbons (Fsp3) is 0.533. The topological polar surface area (TPSA) is 70.4 Å². The molecule has 5 heteroatoms. The summed E-state index contributed by atoms with van der Waals surface area (Å²) in [4.78, 5) is 14.6. The second-order valence-electron chi connectivity index (χ2n) is 5.31. The molecule has 0 bridgehead atoms. The van der Waals surface area contributed by atoms with E-state index in [1.54, 1.807) is 0 Å². The Hall–Kier alpha value is -1.59. The molecular formula is C15H24N4O. The van der Waals surface area contributed by atoms with E-state index < -0.39 is 0 Å². The highest BCUT2D eigenvalue weighted by Gasteiger charge is 2.27. The van der Waals surface area contributed by atoms with E-state index in [1.165, 1.54) is 12.8 Å².